The number of hydrogen-bond donors (Lipinski definition) is 1. The number of hydrogen-bond acceptors (Lipinski definition) is 2. The molecule has 0 spiro atoms. The Kier molecular flexibility index (Phi) is 4.82. The van der Waals surface area contributed by atoms with Crippen molar-refractivity contribution in [2.45, 2.75) is 38.2 Å². The molecule has 1 atom stereocenters. The second-order valence-electron chi connectivity index (χ2n) is 4.50. The highest BCUT2D eigenvalue weighted by molar-refractivity contribution is 5.84. The zero-order valence-electron chi connectivity index (χ0n) is 10.5. The summed E-state index contributed by atoms with van der Waals surface area (Å²) in [5.74, 6) is 0. The van der Waals surface area contributed by atoms with Crippen molar-refractivity contribution in [3.63, 3.8) is 0 Å². The average molecular weight is 245 g/mol. The molecule has 2 rings (SSSR count). The Morgan fingerprint density at radius 3 is 2.72 bits per heavy atom. The maximum atomic E-state index is 11.7. The molecule has 18 heavy (non-hydrogen) atoms. The van der Waals surface area contributed by atoms with E-state index < -0.39 is 0 Å². The number of allylic oxidation sites excluding steroid dienone is 2. The Bertz CT molecular complexity index is 400. The lowest BCUT2D eigenvalue weighted by molar-refractivity contribution is 0.0985. The molecule has 1 N–H and O–H groups in total. The molecule has 1 aliphatic rings. The van der Waals surface area contributed by atoms with Gasteiger partial charge >= 0.3 is 6.09 Å². The van der Waals surface area contributed by atoms with Crippen molar-refractivity contribution in [3.8, 4) is 0 Å². The number of carbonyl (C=O) groups excluding carboxylic acids is 1. The van der Waals surface area contributed by atoms with Crippen molar-refractivity contribution < 1.29 is 9.53 Å². The van der Waals surface area contributed by atoms with Gasteiger partial charge in [-0.05, 0) is 44.2 Å². The minimum atomic E-state index is -0.351. The molecular formula is C15H19NO2. The van der Waals surface area contributed by atoms with Crippen molar-refractivity contribution in [2.24, 2.45) is 0 Å². The van der Waals surface area contributed by atoms with Crippen LogP contribution in [0.4, 0.5) is 10.5 Å². The normalized spacial score (nSPS) is 19.7. The summed E-state index contributed by atoms with van der Waals surface area (Å²) < 4.78 is 5.45. The van der Waals surface area contributed by atoms with E-state index in [-0.39, 0.29) is 12.2 Å². The summed E-state index contributed by atoms with van der Waals surface area (Å²) in [7, 11) is 0. The van der Waals surface area contributed by atoms with Gasteiger partial charge in [-0.2, -0.15) is 0 Å². The Morgan fingerprint density at radius 2 is 1.89 bits per heavy atom. The standard InChI is InChI=1S/C15H19NO2/c17-15(16-13-9-5-4-6-10-13)18-14-11-7-2-1-3-8-12-14/h1-2,4-6,9-10,14H,3,7-8,11-12H2,(H,16,17)/t14-/m0/s1. The smallest absolute Gasteiger partial charge is 0.411 e. The number of ether oxygens (including phenoxy) is 1. The lowest BCUT2D eigenvalue weighted by atomic mass is 10.0. The second-order valence-corrected chi connectivity index (χ2v) is 4.50. The Morgan fingerprint density at radius 1 is 1.11 bits per heavy atom. The van der Waals surface area contributed by atoms with Gasteiger partial charge in [0.25, 0.3) is 0 Å². The molecular weight excluding hydrogens is 226 g/mol. The Balaban J connectivity index is 1.81. The third-order valence-electron chi connectivity index (χ3n) is 3.01. The first-order valence-corrected chi connectivity index (χ1v) is 6.52. The van der Waals surface area contributed by atoms with E-state index in [1.165, 1.54) is 0 Å². The van der Waals surface area contributed by atoms with E-state index in [4.69, 9.17) is 4.74 Å². The number of para-hydroxylation sites is 1. The SMILES string of the molecule is O=C(Nc1ccccc1)O[C@H]1CCC=CCCC1. The molecule has 0 saturated carbocycles. The fraction of sp³-hybridized carbons (Fsp3) is 0.400. The Hall–Kier alpha value is -1.77. The summed E-state index contributed by atoms with van der Waals surface area (Å²) in [5, 5.41) is 2.75. The van der Waals surface area contributed by atoms with Crippen LogP contribution in [0.1, 0.15) is 32.1 Å². The lowest BCUT2D eigenvalue weighted by Gasteiger charge is -2.18. The minimum absolute atomic E-state index is 0.0404. The molecule has 1 aromatic rings. The van der Waals surface area contributed by atoms with E-state index in [2.05, 4.69) is 17.5 Å². The topological polar surface area (TPSA) is 38.3 Å². The van der Waals surface area contributed by atoms with Crippen LogP contribution in [0.25, 0.3) is 0 Å². The number of rotatable bonds is 2. The van der Waals surface area contributed by atoms with E-state index in [0.717, 1.165) is 37.8 Å². The van der Waals surface area contributed by atoms with Crippen LogP contribution >= 0.6 is 0 Å². The summed E-state index contributed by atoms with van der Waals surface area (Å²) in [6, 6.07) is 9.38. The van der Waals surface area contributed by atoms with Gasteiger partial charge in [-0.15, -0.1) is 0 Å². The van der Waals surface area contributed by atoms with Crippen molar-refractivity contribution in [3.05, 3.63) is 42.5 Å². The van der Waals surface area contributed by atoms with E-state index in [9.17, 15) is 4.79 Å². The van der Waals surface area contributed by atoms with Gasteiger partial charge < -0.3 is 4.74 Å². The molecule has 0 aliphatic heterocycles. The first-order valence-electron chi connectivity index (χ1n) is 6.52. The van der Waals surface area contributed by atoms with Crippen LogP contribution in [-0.2, 0) is 4.74 Å². The van der Waals surface area contributed by atoms with Gasteiger partial charge in [-0.25, -0.2) is 4.79 Å². The van der Waals surface area contributed by atoms with Crippen LogP contribution in [0, 0.1) is 0 Å². The molecule has 1 amide bonds. The quantitative estimate of drug-likeness (QED) is 0.796. The zero-order chi connectivity index (χ0) is 12.6. The van der Waals surface area contributed by atoms with Crippen molar-refractivity contribution in [2.75, 3.05) is 5.32 Å². The molecule has 1 aliphatic carbocycles. The molecule has 0 unspecified atom stereocenters. The third kappa shape index (κ3) is 4.24. The monoisotopic (exact) mass is 245 g/mol. The van der Waals surface area contributed by atoms with Gasteiger partial charge in [0.2, 0.25) is 0 Å². The van der Waals surface area contributed by atoms with Gasteiger partial charge in [0.1, 0.15) is 6.10 Å². The van der Waals surface area contributed by atoms with Gasteiger partial charge in [0.15, 0.2) is 0 Å². The van der Waals surface area contributed by atoms with Crippen LogP contribution in [0.2, 0.25) is 0 Å². The molecule has 1 aromatic carbocycles. The van der Waals surface area contributed by atoms with Gasteiger partial charge in [-0.3, -0.25) is 5.32 Å². The number of carbonyl (C=O) groups is 1. The molecule has 0 radical (unpaired) electrons. The first-order chi connectivity index (χ1) is 8.84. The fourth-order valence-electron chi connectivity index (χ4n) is 2.06. The van der Waals surface area contributed by atoms with E-state index in [1.807, 2.05) is 30.3 Å². The molecule has 0 heterocycles. The first kappa shape index (κ1) is 12.7. The molecule has 0 saturated heterocycles. The van der Waals surface area contributed by atoms with Gasteiger partial charge in [0, 0.05) is 5.69 Å². The predicted octanol–water partition coefficient (Wildman–Crippen LogP) is 4.12. The number of benzene rings is 1. The summed E-state index contributed by atoms with van der Waals surface area (Å²) >= 11 is 0. The van der Waals surface area contributed by atoms with Crippen LogP contribution in [0.15, 0.2) is 42.5 Å². The average Bonchev–Trinajstić information content (AvgIpc) is 2.34. The van der Waals surface area contributed by atoms with Crippen LogP contribution in [-0.4, -0.2) is 12.2 Å². The summed E-state index contributed by atoms with van der Waals surface area (Å²) in [5.41, 5.74) is 0.772. The van der Waals surface area contributed by atoms with Gasteiger partial charge in [-0.1, -0.05) is 30.4 Å². The summed E-state index contributed by atoms with van der Waals surface area (Å²) in [6.07, 6.45) is 9.09. The molecule has 0 fully saturated rings. The number of nitrogens with one attached hydrogen (secondary N) is 1. The van der Waals surface area contributed by atoms with Crippen LogP contribution < -0.4 is 5.32 Å². The largest absolute Gasteiger partial charge is 0.446 e. The van der Waals surface area contributed by atoms with E-state index >= 15 is 0 Å². The lowest BCUT2D eigenvalue weighted by Crippen LogP contribution is -2.22. The second kappa shape index (κ2) is 6.84. The predicted molar refractivity (Wildman–Crippen MR) is 72.6 cm³/mol. The van der Waals surface area contributed by atoms with Gasteiger partial charge in [0.05, 0.1) is 0 Å². The van der Waals surface area contributed by atoms with Crippen LogP contribution in [0.3, 0.4) is 0 Å². The molecule has 96 valence electrons. The van der Waals surface area contributed by atoms with E-state index in [0.29, 0.717) is 0 Å². The highest BCUT2D eigenvalue weighted by Gasteiger charge is 2.14. The Labute approximate surface area is 108 Å². The van der Waals surface area contributed by atoms with Crippen molar-refractivity contribution in [1.82, 2.24) is 0 Å². The fourth-order valence-corrected chi connectivity index (χ4v) is 2.06. The summed E-state index contributed by atoms with van der Waals surface area (Å²) in [4.78, 5) is 11.7. The van der Waals surface area contributed by atoms with E-state index in [1.54, 1.807) is 0 Å². The summed E-state index contributed by atoms with van der Waals surface area (Å²) in [6.45, 7) is 0. The minimum Gasteiger partial charge on any atom is -0.446 e. The highest BCUT2D eigenvalue weighted by Crippen LogP contribution is 2.16. The van der Waals surface area contributed by atoms with Crippen molar-refractivity contribution >= 4 is 11.8 Å². The van der Waals surface area contributed by atoms with Crippen molar-refractivity contribution in [1.29, 1.82) is 0 Å². The third-order valence-corrected chi connectivity index (χ3v) is 3.01. The van der Waals surface area contributed by atoms with Crippen LogP contribution in [0.5, 0.6) is 0 Å². The molecule has 0 bridgehead atoms. The maximum absolute atomic E-state index is 11.7. The molecule has 3 nitrogen and oxygen atoms in total. The maximum Gasteiger partial charge on any atom is 0.411 e. The highest BCUT2D eigenvalue weighted by atomic mass is 16.6. The zero-order valence-corrected chi connectivity index (χ0v) is 10.5. The molecule has 0 aromatic heterocycles. The number of anilines is 1. The molecule has 3 heteroatoms. The number of amides is 1.